The number of morpholine rings is 1. The van der Waals surface area contributed by atoms with E-state index in [0.29, 0.717) is 18.7 Å². The van der Waals surface area contributed by atoms with Crippen LogP contribution in [0.15, 0.2) is 24.3 Å². The molecule has 2 fully saturated rings. The molecule has 1 N–H and O–H groups in total. The van der Waals surface area contributed by atoms with Gasteiger partial charge >= 0.3 is 0 Å². The summed E-state index contributed by atoms with van der Waals surface area (Å²) in [4.78, 5) is 28.8. The van der Waals surface area contributed by atoms with Crippen molar-refractivity contribution in [3.8, 4) is 0 Å². The highest BCUT2D eigenvalue weighted by Crippen LogP contribution is 2.20. The first-order valence-electron chi connectivity index (χ1n) is 9.16. The molecule has 0 radical (unpaired) electrons. The highest BCUT2D eigenvalue weighted by molar-refractivity contribution is 5.89. The lowest BCUT2D eigenvalue weighted by Crippen LogP contribution is -2.42. The van der Waals surface area contributed by atoms with Crippen molar-refractivity contribution in [2.75, 3.05) is 45.9 Å². The lowest BCUT2D eigenvalue weighted by molar-refractivity contribution is -0.129. The molecule has 2 atom stereocenters. The Morgan fingerprint density at radius 3 is 2.85 bits per heavy atom. The monoisotopic (exact) mass is 363 g/mol. The Labute approximate surface area is 153 Å². The molecule has 0 spiro atoms. The number of carbonyl (C=O) groups excluding carboxylic acids is 2. The van der Waals surface area contributed by atoms with Crippen LogP contribution in [-0.4, -0.2) is 67.6 Å². The predicted molar refractivity (Wildman–Crippen MR) is 94.9 cm³/mol. The van der Waals surface area contributed by atoms with Gasteiger partial charge < -0.3 is 15.0 Å². The van der Waals surface area contributed by atoms with E-state index < -0.39 is 0 Å². The minimum Gasteiger partial charge on any atom is -0.379 e. The van der Waals surface area contributed by atoms with Crippen molar-refractivity contribution >= 4 is 11.8 Å². The van der Waals surface area contributed by atoms with E-state index in [1.807, 2.05) is 6.92 Å². The second-order valence-electron chi connectivity index (χ2n) is 6.98. The molecule has 0 bridgehead atoms. The fourth-order valence-electron chi connectivity index (χ4n) is 3.44. The van der Waals surface area contributed by atoms with E-state index in [1.165, 1.54) is 12.1 Å². The molecule has 1 aromatic rings. The highest BCUT2D eigenvalue weighted by Gasteiger charge is 2.34. The van der Waals surface area contributed by atoms with Crippen LogP contribution in [-0.2, 0) is 14.3 Å². The standard InChI is InChI=1S/C19H26FN3O3/c1-14(15-3-2-4-17(20)11-15)21-19(25)16-12-18(24)23(13-16)6-5-22-7-9-26-10-8-22/h2-4,11,14,16H,5-10,12-13H2,1H3,(H,21,25)/t14-,16-/m0/s1. The number of halogens is 1. The predicted octanol–water partition coefficient (Wildman–Crippen LogP) is 1.18. The van der Waals surface area contributed by atoms with Crippen LogP contribution < -0.4 is 5.32 Å². The molecule has 26 heavy (non-hydrogen) atoms. The quantitative estimate of drug-likeness (QED) is 0.825. The molecule has 0 aromatic heterocycles. The van der Waals surface area contributed by atoms with Crippen molar-refractivity contribution in [1.82, 2.24) is 15.1 Å². The van der Waals surface area contributed by atoms with Crippen LogP contribution >= 0.6 is 0 Å². The minimum absolute atomic E-state index is 0.0248. The molecule has 2 saturated heterocycles. The first-order valence-corrected chi connectivity index (χ1v) is 9.16. The third-order valence-electron chi connectivity index (χ3n) is 5.08. The topological polar surface area (TPSA) is 61.9 Å². The fraction of sp³-hybridized carbons (Fsp3) is 0.579. The molecule has 2 amide bonds. The molecule has 0 saturated carbocycles. The van der Waals surface area contributed by atoms with Gasteiger partial charge in [0.15, 0.2) is 0 Å². The van der Waals surface area contributed by atoms with E-state index in [2.05, 4.69) is 10.2 Å². The SMILES string of the molecule is C[C@H](NC(=O)[C@H]1CC(=O)N(CCN2CCOCC2)C1)c1cccc(F)c1. The first-order chi connectivity index (χ1) is 12.5. The van der Waals surface area contributed by atoms with Crippen molar-refractivity contribution in [2.45, 2.75) is 19.4 Å². The Morgan fingerprint density at radius 2 is 2.12 bits per heavy atom. The summed E-state index contributed by atoms with van der Waals surface area (Å²) in [6.45, 7) is 6.96. The summed E-state index contributed by atoms with van der Waals surface area (Å²) in [6, 6.07) is 5.90. The van der Waals surface area contributed by atoms with Crippen LogP contribution in [0.1, 0.15) is 24.9 Å². The second-order valence-corrected chi connectivity index (χ2v) is 6.98. The normalized spacial score (nSPS) is 22.5. The molecule has 3 rings (SSSR count). The Kier molecular flexibility index (Phi) is 6.21. The third-order valence-corrected chi connectivity index (χ3v) is 5.08. The number of hydrogen-bond donors (Lipinski definition) is 1. The van der Waals surface area contributed by atoms with Crippen LogP contribution in [0.3, 0.4) is 0 Å². The van der Waals surface area contributed by atoms with Gasteiger partial charge in [0.05, 0.1) is 25.2 Å². The summed E-state index contributed by atoms with van der Waals surface area (Å²) >= 11 is 0. The summed E-state index contributed by atoms with van der Waals surface area (Å²) in [5, 5.41) is 2.90. The molecular formula is C19H26FN3O3. The number of hydrogen-bond acceptors (Lipinski definition) is 4. The van der Waals surface area contributed by atoms with Crippen molar-refractivity contribution in [2.24, 2.45) is 5.92 Å². The van der Waals surface area contributed by atoms with Crippen LogP contribution in [0.2, 0.25) is 0 Å². The maximum Gasteiger partial charge on any atom is 0.225 e. The number of rotatable bonds is 6. The molecule has 6 nitrogen and oxygen atoms in total. The molecule has 2 aliphatic heterocycles. The average Bonchev–Trinajstić information content (AvgIpc) is 3.02. The Hall–Kier alpha value is -1.99. The van der Waals surface area contributed by atoms with E-state index in [4.69, 9.17) is 4.74 Å². The third kappa shape index (κ3) is 4.80. The number of carbonyl (C=O) groups is 2. The Morgan fingerprint density at radius 1 is 1.35 bits per heavy atom. The van der Waals surface area contributed by atoms with Crippen LogP contribution in [0.5, 0.6) is 0 Å². The highest BCUT2D eigenvalue weighted by atomic mass is 19.1. The summed E-state index contributed by atoms with van der Waals surface area (Å²) in [5.41, 5.74) is 0.715. The van der Waals surface area contributed by atoms with E-state index in [-0.39, 0.29) is 36.0 Å². The van der Waals surface area contributed by atoms with E-state index in [1.54, 1.807) is 17.0 Å². The van der Waals surface area contributed by atoms with Gasteiger partial charge in [0.2, 0.25) is 11.8 Å². The molecule has 2 heterocycles. The molecule has 7 heteroatoms. The number of likely N-dealkylation sites (tertiary alicyclic amines) is 1. The van der Waals surface area contributed by atoms with Gasteiger partial charge in [0.1, 0.15) is 5.82 Å². The maximum atomic E-state index is 13.3. The van der Waals surface area contributed by atoms with Gasteiger partial charge in [-0.1, -0.05) is 12.1 Å². The van der Waals surface area contributed by atoms with Gasteiger partial charge in [-0.25, -0.2) is 4.39 Å². The van der Waals surface area contributed by atoms with Gasteiger partial charge in [0.25, 0.3) is 0 Å². The van der Waals surface area contributed by atoms with Crippen molar-refractivity contribution in [3.05, 3.63) is 35.6 Å². The molecule has 0 unspecified atom stereocenters. The van der Waals surface area contributed by atoms with Crippen molar-refractivity contribution < 1.29 is 18.7 Å². The van der Waals surface area contributed by atoms with E-state index >= 15 is 0 Å². The van der Waals surface area contributed by atoms with Crippen LogP contribution in [0, 0.1) is 11.7 Å². The van der Waals surface area contributed by atoms with E-state index in [9.17, 15) is 14.0 Å². The molecule has 142 valence electrons. The van der Waals surface area contributed by atoms with Crippen molar-refractivity contribution in [3.63, 3.8) is 0 Å². The zero-order chi connectivity index (χ0) is 18.5. The molecule has 2 aliphatic rings. The summed E-state index contributed by atoms with van der Waals surface area (Å²) < 4.78 is 18.7. The maximum absolute atomic E-state index is 13.3. The van der Waals surface area contributed by atoms with Crippen LogP contribution in [0.25, 0.3) is 0 Å². The zero-order valence-electron chi connectivity index (χ0n) is 15.1. The summed E-state index contributed by atoms with van der Waals surface area (Å²) in [7, 11) is 0. The number of amides is 2. The lowest BCUT2D eigenvalue weighted by Gasteiger charge is -2.28. The number of nitrogens with zero attached hydrogens (tertiary/aromatic N) is 2. The average molecular weight is 363 g/mol. The minimum atomic E-state index is -0.344. The lowest BCUT2D eigenvalue weighted by atomic mass is 10.0. The van der Waals surface area contributed by atoms with Gasteiger partial charge in [-0.15, -0.1) is 0 Å². The Bertz CT molecular complexity index is 649. The van der Waals surface area contributed by atoms with Gasteiger partial charge in [-0.05, 0) is 24.6 Å². The largest absolute Gasteiger partial charge is 0.379 e. The smallest absolute Gasteiger partial charge is 0.225 e. The van der Waals surface area contributed by atoms with Crippen LogP contribution in [0.4, 0.5) is 4.39 Å². The summed E-state index contributed by atoms with van der Waals surface area (Å²) in [6.07, 6.45) is 0.241. The number of nitrogens with one attached hydrogen (secondary N) is 1. The number of benzene rings is 1. The second kappa shape index (κ2) is 8.60. The molecule has 1 aromatic carbocycles. The van der Waals surface area contributed by atoms with E-state index in [0.717, 1.165) is 32.8 Å². The summed E-state index contributed by atoms with van der Waals surface area (Å²) in [5.74, 6) is -0.794. The van der Waals surface area contributed by atoms with Gasteiger partial charge in [-0.2, -0.15) is 0 Å². The van der Waals surface area contributed by atoms with Crippen molar-refractivity contribution in [1.29, 1.82) is 0 Å². The van der Waals surface area contributed by atoms with Gasteiger partial charge in [0, 0.05) is 39.1 Å². The fourth-order valence-corrected chi connectivity index (χ4v) is 3.44. The molecule has 0 aliphatic carbocycles. The number of ether oxygens (including phenoxy) is 1. The zero-order valence-corrected chi connectivity index (χ0v) is 15.1. The molecular weight excluding hydrogens is 337 g/mol. The first kappa shape index (κ1) is 18.8. The Balaban J connectivity index is 1.48. The van der Waals surface area contributed by atoms with Gasteiger partial charge in [-0.3, -0.25) is 14.5 Å².